The molecular formula is C20H21N3O3S2. The van der Waals surface area contributed by atoms with Crippen LogP contribution in [0.15, 0.2) is 52.9 Å². The van der Waals surface area contributed by atoms with Crippen molar-refractivity contribution >= 4 is 42.9 Å². The van der Waals surface area contributed by atoms with E-state index in [0.29, 0.717) is 5.56 Å². The van der Waals surface area contributed by atoms with Gasteiger partial charge in [0.05, 0.1) is 0 Å². The first-order chi connectivity index (χ1) is 13.5. The molecule has 2 aromatic heterocycles. The van der Waals surface area contributed by atoms with Crippen molar-refractivity contribution < 1.29 is 13.2 Å². The Morgan fingerprint density at radius 1 is 1.18 bits per heavy atom. The summed E-state index contributed by atoms with van der Waals surface area (Å²) in [5.74, 6) is 0.414. The topological polar surface area (TPSA) is 79.4 Å². The Morgan fingerprint density at radius 2 is 1.89 bits per heavy atom. The molecule has 1 aliphatic heterocycles. The van der Waals surface area contributed by atoms with Gasteiger partial charge in [0.25, 0.3) is 0 Å². The number of thiophene rings is 1. The number of rotatable bonds is 5. The molecule has 6 nitrogen and oxygen atoms in total. The van der Waals surface area contributed by atoms with E-state index in [1.165, 1.54) is 18.3 Å². The van der Waals surface area contributed by atoms with Crippen LogP contribution in [0.25, 0.3) is 10.1 Å². The third-order valence-corrected chi connectivity index (χ3v) is 8.66. The first-order valence-electron chi connectivity index (χ1n) is 9.16. The average molecular weight is 416 g/mol. The predicted octanol–water partition coefficient (Wildman–Crippen LogP) is 2.75. The molecule has 1 saturated heterocycles. The molecule has 3 aromatic rings. The molecule has 4 rings (SSSR count). The van der Waals surface area contributed by atoms with Crippen molar-refractivity contribution in [2.45, 2.75) is 16.4 Å². The van der Waals surface area contributed by atoms with Crippen LogP contribution < -0.4 is 10.2 Å². The lowest BCUT2D eigenvalue weighted by Gasteiger charge is -2.28. The Labute approximate surface area is 168 Å². The number of anilines is 1. The molecule has 8 heteroatoms. The molecule has 0 aliphatic carbocycles. The summed E-state index contributed by atoms with van der Waals surface area (Å²) in [6.45, 7) is 4.86. The summed E-state index contributed by atoms with van der Waals surface area (Å²) in [7, 11) is -3.79. The molecule has 0 saturated carbocycles. The summed E-state index contributed by atoms with van der Waals surface area (Å²) >= 11 is 1.20. The summed E-state index contributed by atoms with van der Waals surface area (Å²) in [6.07, 6.45) is 1.71. The van der Waals surface area contributed by atoms with Crippen molar-refractivity contribution in [3.8, 4) is 0 Å². The van der Waals surface area contributed by atoms with Gasteiger partial charge in [0.15, 0.2) is 15.6 Å². The van der Waals surface area contributed by atoms with E-state index in [1.54, 1.807) is 42.6 Å². The van der Waals surface area contributed by atoms with Crippen molar-refractivity contribution in [1.82, 2.24) is 10.3 Å². The fourth-order valence-electron chi connectivity index (χ4n) is 3.35. The lowest BCUT2D eigenvalue weighted by Crippen LogP contribution is -2.43. The van der Waals surface area contributed by atoms with Crippen LogP contribution in [0.3, 0.4) is 0 Å². The average Bonchev–Trinajstić information content (AvgIpc) is 3.19. The number of nitrogens with one attached hydrogen (secondary N) is 1. The zero-order valence-corrected chi connectivity index (χ0v) is 17.1. The van der Waals surface area contributed by atoms with Crippen molar-refractivity contribution in [2.24, 2.45) is 0 Å². The largest absolute Gasteiger partial charge is 0.354 e. The first-order valence-corrected chi connectivity index (χ1v) is 11.5. The third kappa shape index (κ3) is 3.43. The van der Waals surface area contributed by atoms with E-state index >= 15 is 0 Å². The number of piperazine rings is 1. The van der Waals surface area contributed by atoms with Gasteiger partial charge in [-0.15, -0.1) is 11.3 Å². The number of sulfone groups is 1. The number of hydrogen-bond acceptors (Lipinski definition) is 7. The fourth-order valence-corrected chi connectivity index (χ4v) is 6.34. The number of aromatic nitrogens is 1. The van der Waals surface area contributed by atoms with E-state index < -0.39 is 20.9 Å². The Hall–Kier alpha value is -2.29. The maximum absolute atomic E-state index is 13.1. The molecule has 146 valence electrons. The number of carbonyl (C=O) groups excluding carboxylic acids is 1. The highest BCUT2D eigenvalue weighted by Crippen LogP contribution is 2.36. The van der Waals surface area contributed by atoms with Crippen molar-refractivity contribution in [1.29, 1.82) is 0 Å². The minimum Gasteiger partial charge on any atom is -0.354 e. The molecule has 1 unspecified atom stereocenters. The van der Waals surface area contributed by atoms with Gasteiger partial charge in [0.2, 0.25) is 0 Å². The predicted molar refractivity (Wildman–Crippen MR) is 112 cm³/mol. The van der Waals surface area contributed by atoms with Crippen LogP contribution in [0, 0.1) is 0 Å². The second-order valence-electron chi connectivity index (χ2n) is 6.77. The van der Waals surface area contributed by atoms with Crippen molar-refractivity contribution in [3.63, 3.8) is 0 Å². The van der Waals surface area contributed by atoms with Crippen LogP contribution in [0.4, 0.5) is 5.82 Å². The van der Waals surface area contributed by atoms with E-state index in [9.17, 15) is 13.2 Å². The molecule has 1 aliphatic rings. The van der Waals surface area contributed by atoms with Gasteiger partial charge in [-0.2, -0.15) is 0 Å². The summed E-state index contributed by atoms with van der Waals surface area (Å²) in [6, 6.07) is 12.1. The SMILES string of the molecule is CC(C(=O)c1ccccc1)S(=O)(=O)c1cc2c(N3CCNCC3)nccc2s1. The van der Waals surface area contributed by atoms with Crippen LogP contribution in [0.1, 0.15) is 17.3 Å². The molecule has 0 amide bonds. The highest BCUT2D eigenvalue weighted by Gasteiger charge is 2.32. The number of hydrogen-bond donors (Lipinski definition) is 1. The second-order valence-corrected chi connectivity index (χ2v) is 10.3. The van der Waals surface area contributed by atoms with E-state index in [0.717, 1.165) is 42.1 Å². The fraction of sp³-hybridized carbons (Fsp3) is 0.300. The molecule has 0 bridgehead atoms. The van der Waals surface area contributed by atoms with Gasteiger partial charge in [-0.05, 0) is 19.1 Å². The number of Topliss-reactive ketones (excluding diaryl/α,β-unsaturated/α-hetero) is 1. The quantitative estimate of drug-likeness (QED) is 0.646. The summed E-state index contributed by atoms with van der Waals surface area (Å²) in [4.78, 5) is 19.4. The summed E-state index contributed by atoms with van der Waals surface area (Å²) < 4.78 is 27.4. The zero-order valence-electron chi connectivity index (χ0n) is 15.5. The van der Waals surface area contributed by atoms with E-state index in [2.05, 4.69) is 15.2 Å². The smallest absolute Gasteiger partial charge is 0.197 e. The minimum absolute atomic E-state index is 0.212. The van der Waals surface area contributed by atoms with Gasteiger partial charge >= 0.3 is 0 Å². The third-order valence-electron chi connectivity index (χ3n) is 4.99. The highest BCUT2D eigenvalue weighted by atomic mass is 32.2. The van der Waals surface area contributed by atoms with Crippen LogP contribution in [-0.2, 0) is 9.84 Å². The molecule has 0 radical (unpaired) electrons. The number of fused-ring (bicyclic) bond motifs is 1. The van der Waals surface area contributed by atoms with Crippen LogP contribution >= 0.6 is 11.3 Å². The molecule has 3 heterocycles. The van der Waals surface area contributed by atoms with Gasteiger partial charge < -0.3 is 10.2 Å². The minimum atomic E-state index is -3.79. The Morgan fingerprint density at radius 3 is 2.61 bits per heavy atom. The molecule has 0 spiro atoms. The number of benzene rings is 1. The summed E-state index contributed by atoms with van der Waals surface area (Å²) in [5.41, 5.74) is 0.405. The van der Waals surface area contributed by atoms with Gasteiger partial charge in [-0.3, -0.25) is 4.79 Å². The van der Waals surface area contributed by atoms with Crippen molar-refractivity contribution in [2.75, 3.05) is 31.1 Å². The second kappa shape index (κ2) is 7.62. The van der Waals surface area contributed by atoms with Gasteiger partial charge in [0, 0.05) is 48.0 Å². The van der Waals surface area contributed by atoms with E-state index in [1.807, 2.05) is 6.07 Å². The van der Waals surface area contributed by atoms with E-state index in [-0.39, 0.29) is 4.21 Å². The van der Waals surface area contributed by atoms with Crippen LogP contribution in [0.5, 0.6) is 0 Å². The molecule has 1 atom stereocenters. The van der Waals surface area contributed by atoms with Gasteiger partial charge in [0.1, 0.15) is 15.3 Å². The molecule has 1 aromatic carbocycles. The monoisotopic (exact) mass is 415 g/mol. The maximum atomic E-state index is 13.1. The Kier molecular flexibility index (Phi) is 5.18. The van der Waals surface area contributed by atoms with Crippen LogP contribution in [-0.4, -0.2) is 50.6 Å². The Bertz CT molecular complexity index is 1100. The normalized spacial score (nSPS) is 16.2. The molecule has 28 heavy (non-hydrogen) atoms. The zero-order chi connectivity index (χ0) is 19.7. The summed E-state index contributed by atoms with van der Waals surface area (Å²) in [5, 5.41) is 2.99. The number of nitrogens with zero attached hydrogens (tertiary/aromatic N) is 2. The van der Waals surface area contributed by atoms with E-state index in [4.69, 9.17) is 0 Å². The lowest BCUT2D eigenvalue weighted by molar-refractivity contribution is 0.0991. The number of carbonyl (C=O) groups is 1. The van der Waals surface area contributed by atoms with Gasteiger partial charge in [-0.1, -0.05) is 30.3 Å². The van der Waals surface area contributed by atoms with Crippen LogP contribution in [0.2, 0.25) is 0 Å². The van der Waals surface area contributed by atoms with Gasteiger partial charge in [-0.25, -0.2) is 13.4 Å². The standard InChI is InChI=1S/C20H21N3O3S2/c1-14(19(24)15-5-3-2-4-6-15)28(25,26)18-13-16-17(27-18)7-8-22-20(16)23-11-9-21-10-12-23/h2-8,13-14,21H,9-12H2,1H3. The lowest BCUT2D eigenvalue weighted by atomic mass is 10.1. The molecule has 1 N–H and O–H groups in total. The molecule has 1 fully saturated rings. The van der Waals surface area contributed by atoms with Crippen molar-refractivity contribution in [3.05, 3.63) is 54.2 Å². The number of pyridine rings is 1. The highest BCUT2D eigenvalue weighted by molar-refractivity contribution is 7.95. The maximum Gasteiger partial charge on any atom is 0.197 e. The first kappa shape index (κ1) is 19.0. The number of ketones is 1. The Balaban J connectivity index is 1.71. The molecular weight excluding hydrogens is 394 g/mol.